The van der Waals surface area contributed by atoms with Crippen molar-refractivity contribution in [2.75, 3.05) is 12.8 Å². The molecule has 3 aromatic rings. The van der Waals surface area contributed by atoms with Gasteiger partial charge in [0, 0.05) is 5.39 Å². The van der Waals surface area contributed by atoms with E-state index in [1.807, 2.05) is 30.3 Å². The molecular formula is C20H22N4O2. The van der Waals surface area contributed by atoms with Gasteiger partial charge in [0.2, 0.25) is 0 Å². The summed E-state index contributed by atoms with van der Waals surface area (Å²) in [5, 5.41) is 8.79. The van der Waals surface area contributed by atoms with Crippen LogP contribution in [-0.4, -0.2) is 23.2 Å². The van der Waals surface area contributed by atoms with Gasteiger partial charge >= 0.3 is 0 Å². The number of carbonyl (C=O) groups is 1. The zero-order valence-corrected chi connectivity index (χ0v) is 15.0. The number of rotatable bonds is 6. The third-order valence-electron chi connectivity index (χ3n) is 4.48. The summed E-state index contributed by atoms with van der Waals surface area (Å²) in [7, 11) is 1.69. The predicted octanol–water partition coefficient (Wildman–Crippen LogP) is 2.80. The van der Waals surface area contributed by atoms with Crippen LogP contribution in [0.1, 0.15) is 33.6 Å². The van der Waals surface area contributed by atoms with Gasteiger partial charge in [0.25, 0.3) is 5.91 Å². The van der Waals surface area contributed by atoms with Gasteiger partial charge in [-0.05, 0) is 43.4 Å². The van der Waals surface area contributed by atoms with E-state index in [9.17, 15) is 4.79 Å². The fourth-order valence-corrected chi connectivity index (χ4v) is 3.16. The summed E-state index contributed by atoms with van der Waals surface area (Å²) in [5.74, 6) is 0.234. The van der Waals surface area contributed by atoms with Gasteiger partial charge in [-0.15, -0.1) is 10.2 Å². The molecule has 6 nitrogen and oxygen atoms in total. The lowest BCUT2D eigenvalue weighted by atomic mass is 9.99. The molecule has 0 aliphatic carbocycles. The Morgan fingerprint density at radius 2 is 1.88 bits per heavy atom. The first kappa shape index (κ1) is 17.7. The Hall–Kier alpha value is -3.15. The number of carbonyl (C=O) groups excluding carboxylic acids is 1. The minimum atomic E-state index is -0.672. The Kier molecular flexibility index (Phi) is 5.02. The molecule has 4 N–H and O–H groups in total. The molecule has 0 radical (unpaired) electrons. The molecular weight excluding hydrogens is 328 g/mol. The number of nitrogen functional groups attached to an aromatic ring is 1. The summed E-state index contributed by atoms with van der Waals surface area (Å²) in [6.07, 6.45) is 2.64. The molecule has 0 saturated carbocycles. The second kappa shape index (κ2) is 7.39. The molecule has 26 heavy (non-hydrogen) atoms. The van der Waals surface area contributed by atoms with Gasteiger partial charge in [-0.1, -0.05) is 35.9 Å². The molecule has 0 aliphatic heterocycles. The lowest BCUT2D eigenvalue weighted by Gasteiger charge is -2.11. The molecule has 2 aromatic carbocycles. The van der Waals surface area contributed by atoms with Crippen LogP contribution < -0.4 is 16.2 Å². The number of nitrogens with zero attached hydrogens (tertiary/aromatic N) is 2. The molecule has 0 atom stereocenters. The van der Waals surface area contributed by atoms with Gasteiger partial charge in [0.1, 0.15) is 5.75 Å². The highest BCUT2D eigenvalue weighted by atomic mass is 16.5. The molecule has 1 heterocycles. The second-order valence-corrected chi connectivity index (χ2v) is 6.31. The number of aryl methyl sites for hydroxylation is 3. The van der Waals surface area contributed by atoms with Crippen molar-refractivity contribution in [1.29, 1.82) is 0 Å². The van der Waals surface area contributed by atoms with Crippen LogP contribution in [0.3, 0.4) is 0 Å². The highest BCUT2D eigenvalue weighted by Gasteiger charge is 2.14. The van der Waals surface area contributed by atoms with Gasteiger partial charge in [-0.25, -0.2) is 0 Å². The first-order valence-corrected chi connectivity index (χ1v) is 8.48. The summed E-state index contributed by atoms with van der Waals surface area (Å²) in [6.45, 7) is 2.07. The van der Waals surface area contributed by atoms with Crippen molar-refractivity contribution in [2.45, 2.75) is 26.2 Å². The van der Waals surface area contributed by atoms with Crippen molar-refractivity contribution in [3.05, 3.63) is 58.8 Å². The van der Waals surface area contributed by atoms with E-state index >= 15 is 0 Å². The average molecular weight is 350 g/mol. The van der Waals surface area contributed by atoms with E-state index in [1.54, 1.807) is 7.11 Å². The number of ether oxygens (including phenoxy) is 1. The standard InChI is InChI=1S/C20H22N4O2/c1-12-9-10-16(26-2)14(11-12)7-3-5-13-6-4-8-15-17(21)19(20(22)25)24-23-18(13)15/h4,6,8-11H,3,5,7H2,1-2H3,(H2,21,23)(H2,22,25). The fraction of sp³-hybridized carbons (Fsp3) is 0.250. The van der Waals surface area contributed by atoms with Crippen molar-refractivity contribution in [3.8, 4) is 5.75 Å². The number of amides is 1. The van der Waals surface area contributed by atoms with Gasteiger partial charge in [-0.2, -0.15) is 0 Å². The van der Waals surface area contributed by atoms with Gasteiger partial charge in [0.05, 0.1) is 18.3 Å². The van der Waals surface area contributed by atoms with Crippen molar-refractivity contribution in [2.24, 2.45) is 5.73 Å². The Morgan fingerprint density at radius 1 is 1.12 bits per heavy atom. The molecule has 0 fully saturated rings. The number of fused-ring (bicyclic) bond motifs is 1. The monoisotopic (exact) mass is 350 g/mol. The quantitative estimate of drug-likeness (QED) is 0.711. The van der Waals surface area contributed by atoms with Crippen LogP contribution in [-0.2, 0) is 12.8 Å². The molecule has 0 aliphatic rings. The van der Waals surface area contributed by atoms with Crippen LogP contribution in [0.25, 0.3) is 10.9 Å². The van der Waals surface area contributed by atoms with E-state index in [-0.39, 0.29) is 11.4 Å². The zero-order valence-electron chi connectivity index (χ0n) is 15.0. The van der Waals surface area contributed by atoms with Crippen LogP contribution >= 0.6 is 0 Å². The summed E-state index contributed by atoms with van der Waals surface area (Å²) < 4.78 is 5.44. The number of methoxy groups -OCH3 is 1. The SMILES string of the molecule is COc1ccc(C)cc1CCCc1cccc2c(N)c(C(N)=O)nnc12. The van der Waals surface area contributed by atoms with Crippen molar-refractivity contribution >= 4 is 22.5 Å². The highest BCUT2D eigenvalue weighted by molar-refractivity contribution is 6.04. The minimum Gasteiger partial charge on any atom is -0.496 e. The lowest BCUT2D eigenvalue weighted by Crippen LogP contribution is -2.17. The molecule has 0 unspecified atom stereocenters. The summed E-state index contributed by atoms with van der Waals surface area (Å²) in [4.78, 5) is 11.4. The number of nitrogens with two attached hydrogens (primary N) is 2. The smallest absolute Gasteiger partial charge is 0.271 e. The molecule has 0 saturated heterocycles. The highest BCUT2D eigenvalue weighted by Crippen LogP contribution is 2.26. The number of anilines is 1. The Morgan fingerprint density at radius 3 is 2.62 bits per heavy atom. The van der Waals surface area contributed by atoms with Crippen LogP contribution in [0.15, 0.2) is 36.4 Å². The van der Waals surface area contributed by atoms with E-state index in [0.717, 1.165) is 30.6 Å². The molecule has 134 valence electrons. The number of aromatic nitrogens is 2. The summed E-state index contributed by atoms with van der Waals surface area (Å²) in [5.41, 5.74) is 15.8. The lowest BCUT2D eigenvalue weighted by molar-refractivity contribution is 0.0996. The van der Waals surface area contributed by atoms with E-state index in [0.29, 0.717) is 10.9 Å². The number of benzene rings is 2. The Balaban J connectivity index is 1.83. The molecule has 1 aromatic heterocycles. The van der Waals surface area contributed by atoms with Crippen LogP contribution in [0.2, 0.25) is 0 Å². The Bertz CT molecular complexity index is 969. The first-order valence-electron chi connectivity index (χ1n) is 8.48. The normalized spacial score (nSPS) is 10.8. The largest absolute Gasteiger partial charge is 0.496 e. The maximum absolute atomic E-state index is 11.4. The summed E-state index contributed by atoms with van der Waals surface area (Å²) >= 11 is 0. The van der Waals surface area contributed by atoms with Gasteiger partial charge in [0.15, 0.2) is 5.69 Å². The summed E-state index contributed by atoms with van der Waals surface area (Å²) in [6, 6.07) is 11.9. The van der Waals surface area contributed by atoms with E-state index in [4.69, 9.17) is 16.2 Å². The van der Waals surface area contributed by atoms with E-state index in [2.05, 4.69) is 23.2 Å². The van der Waals surface area contributed by atoms with Gasteiger partial charge in [-0.3, -0.25) is 4.79 Å². The predicted molar refractivity (Wildman–Crippen MR) is 102 cm³/mol. The number of primary amides is 1. The maximum Gasteiger partial charge on any atom is 0.271 e. The number of hydrogen-bond donors (Lipinski definition) is 2. The van der Waals surface area contributed by atoms with Crippen molar-refractivity contribution in [3.63, 3.8) is 0 Å². The molecule has 3 rings (SSSR count). The Labute approximate surface area is 152 Å². The third kappa shape index (κ3) is 3.44. The third-order valence-corrected chi connectivity index (χ3v) is 4.48. The molecule has 0 spiro atoms. The van der Waals surface area contributed by atoms with E-state index in [1.165, 1.54) is 11.1 Å². The van der Waals surface area contributed by atoms with Crippen LogP contribution in [0.4, 0.5) is 5.69 Å². The maximum atomic E-state index is 11.4. The molecule has 1 amide bonds. The van der Waals surface area contributed by atoms with Crippen LogP contribution in [0, 0.1) is 6.92 Å². The zero-order chi connectivity index (χ0) is 18.7. The fourth-order valence-electron chi connectivity index (χ4n) is 3.16. The average Bonchev–Trinajstić information content (AvgIpc) is 2.62. The van der Waals surface area contributed by atoms with E-state index < -0.39 is 5.91 Å². The minimum absolute atomic E-state index is 0.0131. The first-order chi connectivity index (χ1) is 12.5. The van der Waals surface area contributed by atoms with Crippen LogP contribution in [0.5, 0.6) is 5.75 Å². The topological polar surface area (TPSA) is 104 Å². The molecule has 6 heteroatoms. The number of hydrogen-bond acceptors (Lipinski definition) is 5. The van der Waals surface area contributed by atoms with Crippen molar-refractivity contribution in [1.82, 2.24) is 10.2 Å². The second-order valence-electron chi connectivity index (χ2n) is 6.31. The van der Waals surface area contributed by atoms with Crippen molar-refractivity contribution < 1.29 is 9.53 Å². The molecule has 0 bridgehead atoms. The van der Waals surface area contributed by atoms with Gasteiger partial charge < -0.3 is 16.2 Å².